The summed E-state index contributed by atoms with van der Waals surface area (Å²) in [5, 5.41) is 29.4. The SMILES string of the molecule is C=C1CC[C@@H]2[C@H](C=C(CO)[C@@H](O)C[C@H]1O)OC(=O)[C@@H]2C. The average Bonchev–Trinajstić information content (AvgIpc) is 2.67. The van der Waals surface area contributed by atoms with Crippen LogP contribution in [0.1, 0.15) is 26.2 Å². The third-order valence-corrected chi connectivity index (χ3v) is 4.39. The second-order valence-corrected chi connectivity index (χ2v) is 5.72. The lowest BCUT2D eigenvalue weighted by atomic mass is 9.83. The van der Waals surface area contributed by atoms with E-state index in [1.807, 2.05) is 6.92 Å². The summed E-state index contributed by atoms with van der Waals surface area (Å²) in [5.74, 6) is -0.496. The fourth-order valence-electron chi connectivity index (χ4n) is 2.89. The molecule has 3 N–H and O–H groups in total. The molecule has 1 aliphatic heterocycles. The van der Waals surface area contributed by atoms with E-state index in [1.165, 1.54) is 0 Å². The third kappa shape index (κ3) is 2.95. The van der Waals surface area contributed by atoms with Crippen molar-refractivity contribution in [2.24, 2.45) is 11.8 Å². The van der Waals surface area contributed by atoms with Gasteiger partial charge >= 0.3 is 5.97 Å². The van der Waals surface area contributed by atoms with Gasteiger partial charge in [0.25, 0.3) is 0 Å². The number of fused-ring (bicyclic) bond motifs is 1. The van der Waals surface area contributed by atoms with Gasteiger partial charge in [0, 0.05) is 12.3 Å². The summed E-state index contributed by atoms with van der Waals surface area (Å²) in [7, 11) is 0. The van der Waals surface area contributed by atoms with Crippen LogP contribution in [-0.4, -0.2) is 46.2 Å². The molecule has 20 heavy (non-hydrogen) atoms. The van der Waals surface area contributed by atoms with Crippen LogP contribution in [0.4, 0.5) is 0 Å². The molecule has 2 rings (SSSR count). The average molecular weight is 282 g/mol. The zero-order valence-corrected chi connectivity index (χ0v) is 11.7. The van der Waals surface area contributed by atoms with Crippen molar-refractivity contribution in [3.63, 3.8) is 0 Å². The van der Waals surface area contributed by atoms with E-state index in [0.717, 1.165) is 0 Å². The molecule has 1 saturated heterocycles. The first-order valence-electron chi connectivity index (χ1n) is 6.99. The van der Waals surface area contributed by atoms with Crippen molar-refractivity contribution in [1.29, 1.82) is 0 Å². The Kier molecular flexibility index (Phi) is 4.62. The highest BCUT2D eigenvalue weighted by molar-refractivity contribution is 5.75. The van der Waals surface area contributed by atoms with Gasteiger partial charge in [0.05, 0.1) is 24.7 Å². The molecule has 1 fully saturated rings. The Hall–Kier alpha value is -1.17. The van der Waals surface area contributed by atoms with E-state index in [2.05, 4.69) is 6.58 Å². The van der Waals surface area contributed by atoms with Crippen LogP contribution in [0, 0.1) is 11.8 Å². The fraction of sp³-hybridized carbons (Fsp3) is 0.667. The Labute approximate surface area is 118 Å². The lowest BCUT2D eigenvalue weighted by Gasteiger charge is -2.25. The van der Waals surface area contributed by atoms with Crippen molar-refractivity contribution in [3.8, 4) is 0 Å². The minimum absolute atomic E-state index is 0.0155. The van der Waals surface area contributed by atoms with E-state index in [0.29, 0.717) is 24.0 Å². The van der Waals surface area contributed by atoms with Crippen molar-refractivity contribution in [2.75, 3.05) is 6.61 Å². The summed E-state index contributed by atoms with van der Waals surface area (Å²) < 4.78 is 5.32. The first-order valence-corrected chi connectivity index (χ1v) is 6.99. The van der Waals surface area contributed by atoms with E-state index in [4.69, 9.17) is 4.74 Å². The second-order valence-electron chi connectivity index (χ2n) is 5.72. The van der Waals surface area contributed by atoms with Crippen LogP contribution in [0.25, 0.3) is 0 Å². The van der Waals surface area contributed by atoms with Gasteiger partial charge in [-0.3, -0.25) is 4.79 Å². The first kappa shape index (κ1) is 15.2. The first-order chi connectivity index (χ1) is 9.43. The molecule has 0 aromatic heterocycles. The van der Waals surface area contributed by atoms with E-state index in [1.54, 1.807) is 6.08 Å². The molecule has 0 unspecified atom stereocenters. The molecular weight excluding hydrogens is 260 g/mol. The van der Waals surface area contributed by atoms with Gasteiger partial charge in [0.2, 0.25) is 0 Å². The molecule has 0 bridgehead atoms. The van der Waals surface area contributed by atoms with Gasteiger partial charge < -0.3 is 20.1 Å². The van der Waals surface area contributed by atoms with Gasteiger partial charge in [-0.25, -0.2) is 0 Å². The van der Waals surface area contributed by atoms with Crippen molar-refractivity contribution in [1.82, 2.24) is 0 Å². The minimum Gasteiger partial charge on any atom is -0.458 e. The highest BCUT2D eigenvalue weighted by Crippen LogP contribution is 2.35. The van der Waals surface area contributed by atoms with Gasteiger partial charge in [-0.1, -0.05) is 13.5 Å². The number of rotatable bonds is 1. The maximum Gasteiger partial charge on any atom is 0.309 e. The lowest BCUT2D eigenvalue weighted by molar-refractivity contribution is -0.142. The number of aliphatic hydroxyl groups is 3. The van der Waals surface area contributed by atoms with Gasteiger partial charge in [0.15, 0.2) is 0 Å². The summed E-state index contributed by atoms with van der Waals surface area (Å²) in [6, 6.07) is 0. The van der Waals surface area contributed by atoms with Gasteiger partial charge in [-0.05, 0) is 30.1 Å². The zero-order chi connectivity index (χ0) is 14.9. The molecule has 0 radical (unpaired) electrons. The molecule has 0 aromatic carbocycles. The van der Waals surface area contributed by atoms with Crippen LogP contribution in [-0.2, 0) is 9.53 Å². The Balaban J connectivity index is 2.31. The molecule has 2 aliphatic rings. The smallest absolute Gasteiger partial charge is 0.309 e. The Morgan fingerprint density at radius 1 is 1.40 bits per heavy atom. The molecular formula is C15H22O5. The van der Waals surface area contributed by atoms with Crippen LogP contribution in [0.5, 0.6) is 0 Å². The normalized spacial score (nSPS) is 39.0. The molecule has 0 aromatic rings. The van der Waals surface area contributed by atoms with E-state index >= 15 is 0 Å². The fourth-order valence-corrected chi connectivity index (χ4v) is 2.89. The van der Waals surface area contributed by atoms with Crippen LogP contribution >= 0.6 is 0 Å². The van der Waals surface area contributed by atoms with Crippen molar-refractivity contribution >= 4 is 5.97 Å². The number of ether oxygens (including phenoxy) is 1. The summed E-state index contributed by atoms with van der Waals surface area (Å²) >= 11 is 0. The van der Waals surface area contributed by atoms with E-state index < -0.39 is 18.3 Å². The lowest BCUT2D eigenvalue weighted by Crippen LogP contribution is -2.27. The number of esters is 1. The van der Waals surface area contributed by atoms with Crippen molar-refractivity contribution in [3.05, 3.63) is 23.8 Å². The molecule has 1 heterocycles. The predicted molar refractivity (Wildman–Crippen MR) is 72.7 cm³/mol. The Morgan fingerprint density at radius 2 is 2.10 bits per heavy atom. The van der Waals surface area contributed by atoms with Crippen LogP contribution in [0.3, 0.4) is 0 Å². The number of carbonyl (C=O) groups excluding carboxylic acids is 1. The molecule has 0 spiro atoms. The summed E-state index contributed by atoms with van der Waals surface area (Å²) in [5.41, 5.74) is 1.03. The molecule has 112 valence electrons. The maximum absolute atomic E-state index is 11.7. The Morgan fingerprint density at radius 3 is 2.75 bits per heavy atom. The van der Waals surface area contributed by atoms with Crippen molar-refractivity contribution in [2.45, 2.75) is 44.5 Å². The molecule has 5 heteroatoms. The monoisotopic (exact) mass is 282 g/mol. The number of hydrogen-bond donors (Lipinski definition) is 3. The third-order valence-electron chi connectivity index (χ3n) is 4.39. The largest absolute Gasteiger partial charge is 0.458 e. The topological polar surface area (TPSA) is 87.0 Å². The number of aliphatic hydroxyl groups excluding tert-OH is 3. The highest BCUT2D eigenvalue weighted by atomic mass is 16.6. The van der Waals surface area contributed by atoms with Gasteiger partial charge in [-0.15, -0.1) is 0 Å². The summed E-state index contributed by atoms with van der Waals surface area (Å²) in [4.78, 5) is 11.7. The minimum atomic E-state index is -0.958. The number of hydrogen-bond acceptors (Lipinski definition) is 5. The predicted octanol–water partition coefficient (Wildman–Crippen LogP) is 0.545. The molecule has 0 amide bonds. The molecule has 5 nitrogen and oxygen atoms in total. The van der Waals surface area contributed by atoms with Crippen LogP contribution in [0.2, 0.25) is 0 Å². The van der Waals surface area contributed by atoms with Crippen LogP contribution in [0.15, 0.2) is 23.8 Å². The Bertz CT molecular complexity index is 428. The standard InChI is InChI=1S/C15H22O5/c1-8-3-4-11-9(2)15(19)20-14(11)5-10(7-16)13(18)6-12(8)17/h5,9,11-14,16-18H,1,3-4,6-7H2,2H3/t9-,11+,12-,13+,14+/m1/s1. The second kappa shape index (κ2) is 6.08. The van der Waals surface area contributed by atoms with Crippen LogP contribution < -0.4 is 0 Å². The summed E-state index contributed by atoms with van der Waals surface area (Å²) in [6.07, 6.45) is 0.850. The zero-order valence-electron chi connectivity index (χ0n) is 11.7. The molecule has 0 saturated carbocycles. The molecule has 1 aliphatic carbocycles. The van der Waals surface area contributed by atoms with Crippen molar-refractivity contribution < 1.29 is 24.9 Å². The molecule has 5 atom stereocenters. The van der Waals surface area contributed by atoms with E-state index in [9.17, 15) is 20.1 Å². The number of carbonyl (C=O) groups is 1. The quantitative estimate of drug-likeness (QED) is 0.483. The highest BCUT2D eigenvalue weighted by Gasteiger charge is 2.41. The summed E-state index contributed by atoms with van der Waals surface area (Å²) in [6.45, 7) is 5.34. The van der Waals surface area contributed by atoms with Gasteiger partial charge in [0.1, 0.15) is 6.10 Å². The maximum atomic E-state index is 11.7. The van der Waals surface area contributed by atoms with E-state index in [-0.39, 0.29) is 30.8 Å². The van der Waals surface area contributed by atoms with Gasteiger partial charge in [-0.2, -0.15) is 0 Å².